The number of aromatic nitrogens is 2. The first-order valence-electron chi connectivity index (χ1n) is 7.72. The molecule has 0 saturated carbocycles. The minimum Gasteiger partial charge on any atom is -0.444 e. The van der Waals surface area contributed by atoms with E-state index < -0.39 is 5.60 Å². The van der Waals surface area contributed by atoms with Crippen molar-refractivity contribution in [3.05, 3.63) is 27.7 Å². The van der Waals surface area contributed by atoms with Crippen LogP contribution < -0.4 is 5.56 Å². The van der Waals surface area contributed by atoms with Crippen molar-refractivity contribution in [1.29, 1.82) is 0 Å². The van der Waals surface area contributed by atoms with Crippen LogP contribution in [0.15, 0.2) is 10.9 Å². The molecule has 1 aromatic heterocycles. The molecular weight excluding hydrogens is 282 g/mol. The van der Waals surface area contributed by atoms with Crippen LogP contribution in [0.5, 0.6) is 0 Å². The van der Waals surface area contributed by atoms with Crippen molar-refractivity contribution in [2.75, 3.05) is 13.1 Å². The normalized spacial score (nSPS) is 19.1. The number of amides is 1. The zero-order valence-electron chi connectivity index (χ0n) is 14.0. The molecule has 1 aromatic rings. The zero-order valence-corrected chi connectivity index (χ0v) is 14.0. The van der Waals surface area contributed by atoms with Crippen LogP contribution >= 0.6 is 0 Å². The highest BCUT2D eigenvalue weighted by Gasteiger charge is 2.29. The summed E-state index contributed by atoms with van der Waals surface area (Å²) in [4.78, 5) is 26.2. The summed E-state index contributed by atoms with van der Waals surface area (Å²) in [5.41, 5.74) is 0.897. The highest BCUT2D eigenvalue weighted by atomic mass is 16.6. The van der Waals surface area contributed by atoms with Gasteiger partial charge in [0, 0.05) is 18.7 Å². The number of ether oxygens (including phenoxy) is 1. The maximum atomic E-state index is 12.3. The summed E-state index contributed by atoms with van der Waals surface area (Å²) in [6.45, 7) is 10.3. The van der Waals surface area contributed by atoms with Gasteiger partial charge < -0.3 is 9.64 Å². The molecule has 1 aliphatic rings. The van der Waals surface area contributed by atoms with Gasteiger partial charge in [0.15, 0.2) is 0 Å². The van der Waals surface area contributed by atoms with E-state index in [1.165, 1.54) is 4.68 Å². The predicted molar refractivity (Wildman–Crippen MR) is 84.0 cm³/mol. The van der Waals surface area contributed by atoms with Gasteiger partial charge in [-0.05, 0) is 53.5 Å². The first-order chi connectivity index (χ1) is 10.2. The average molecular weight is 307 g/mol. The predicted octanol–water partition coefficient (Wildman–Crippen LogP) is 2.43. The Labute approximate surface area is 131 Å². The van der Waals surface area contributed by atoms with Crippen LogP contribution in [0, 0.1) is 13.8 Å². The molecule has 22 heavy (non-hydrogen) atoms. The number of rotatable bonds is 1. The molecule has 0 radical (unpaired) electrons. The summed E-state index contributed by atoms with van der Waals surface area (Å²) in [7, 11) is 0. The van der Waals surface area contributed by atoms with E-state index in [2.05, 4.69) is 5.10 Å². The number of carbonyl (C=O) groups is 1. The van der Waals surface area contributed by atoms with Gasteiger partial charge in [0.2, 0.25) is 0 Å². The van der Waals surface area contributed by atoms with Crippen LogP contribution in [-0.4, -0.2) is 39.5 Å². The van der Waals surface area contributed by atoms with Gasteiger partial charge in [-0.25, -0.2) is 9.48 Å². The quantitative estimate of drug-likeness (QED) is 0.799. The summed E-state index contributed by atoms with van der Waals surface area (Å²) in [5.74, 6) is 0. The number of nitrogens with zero attached hydrogens (tertiary/aromatic N) is 3. The van der Waals surface area contributed by atoms with Crippen molar-refractivity contribution in [3.63, 3.8) is 0 Å². The fourth-order valence-corrected chi connectivity index (χ4v) is 2.69. The molecule has 0 spiro atoms. The lowest BCUT2D eigenvalue weighted by Gasteiger charge is -2.34. The minimum absolute atomic E-state index is 0.0818. The standard InChI is InChI=1S/C16H25N3O3/c1-11-9-12(2)17-19(14(11)20)13-7-6-8-18(10-13)15(21)22-16(3,4)5/h9,13H,6-8,10H2,1-5H3/t13-/m1/s1. The molecular formula is C16H25N3O3. The van der Waals surface area contributed by atoms with Crippen LogP contribution in [0.25, 0.3) is 0 Å². The second-order valence-electron chi connectivity index (χ2n) is 6.94. The summed E-state index contributed by atoms with van der Waals surface area (Å²) < 4.78 is 6.95. The molecule has 6 nitrogen and oxygen atoms in total. The molecule has 6 heteroatoms. The first-order valence-corrected chi connectivity index (χ1v) is 7.72. The zero-order chi connectivity index (χ0) is 16.5. The lowest BCUT2D eigenvalue weighted by atomic mass is 10.1. The van der Waals surface area contributed by atoms with Crippen LogP contribution in [-0.2, 0) is 4.74 Å². The third-order valence-corrected chi connectivity index (χ3v) is 3.63. The van der Waals surface area contributed by atoms with Crippen molar-refractivity contribution in [2.45, 2.75) is 59.1 Å². The Bertz CT molecular complexity index is 616. The lowest BCUT2D eigenvalue weighted by molar-refractivity contribution is 0.0165. The maximum absolute atomic E-state index is 12.3. The van der Waals surface area contributed by atoms with Crippen LogP contribution in [0.3, 0.4) is 0 Å². The monoisotopic (exact) mass is 307 g/mol. The van der Waals surface area contributed by atoms with Gasteiger partial charge in [0.25, 0.3) is 5.56 Å². The average Bonchev–Trinajstić information content (AvgIpc) is 2.41. The Morgan fingerprint density at radius 2 is 2.05 bits per heavy atom. The fraction of sp³-hybridized carbons (Fsp3) is 0.688. The van der Waals surface area contributed by atoms with Gasteiger partial charge in [-0.1, -0.05) is 0 Å². The topological polar surface area (TPSA) is 64.4 Å². The summed E-state index contributed by atoms with van der Waals surface area (Å²) in [6, 6.07) is 1.69. The number of carbonyl (C=O) groups excluding carboxylic acids is 1. The van der Waals surface area contributed by atoms with Crippen LogP contribution in [0.4, 0.5) is 4.79 Å². The van der Waals surface area contributed by atoms with Gasteiger partial charge in [0.1, 0.15) is 5.60 Å². The molecule has 1 saturated heterocycles. The van der Waals surface area contributed by atoms with Gasteiger partial charge >= 0.3 is 6.09 Å². The van der Waals surface area contributed by atoms with Gasteiger partial charge in [-0.2, -0.15) is 5.10 Å². The summed E-state index contributed by atoms with van der Waals surface area (Å²) in [5, 5.41) is 4.35. The Morgan fingerprint density at radius 3 is 2.68 bits per heavy atom. The molecule has 2 rings (SSSR count). The largest absolute Gasteiger partial charge is 0.444 e. The number of aryl methyl sites for hydroxylation is 2. The van der Waals surface area contributed by atoms with Crippen molar-refractivity contribution >= 4 is 6.09 Å². The maximum Gasteiger partial charge on any atom is 0.410 e. The fourth-order valence-electron chi connectivity index (χ4n) is 2.69. The summed E-state index contributed by atoms with van der Waals surface area (Å²) >= 11 is 0. The number of likely N-dealkylation sites (tertiary alicyclic amines) is 1. The second kappa shape index (κ2) is 6.10. The number of hydrogen-bond acceptors (Lipinski definition) is 4. The Kier molecular flexibility index (Phi) is 4.58. The van der Waals surface area contributed by atoms with Crippen LogP contribution in [0.2, 0.25) is 0 Å². The van der Waals surface area contributed by atoms with Crippen molar-refractivity contribution < 1.29 is 9.53 Å². The molecule has 2 heterocycles. The van der Waals surface area contributed by atoms with Crippen molar-refractivity contribution in [2.24, 2.45) is 0 Å². The summed E-state index contributed by atoms with van der Waals surface area (Å²) in [6.07, 6.45) is 1.36. The Morgan fingerprint density at radius 1 is 1.36 bits per heavy atom. The Hall–Kier alpha value is -1.85. The van der Waals surface area contributed by atoms with Gasteiger partial charge in [0.05, 0.1) is 11.7 Å². The molecule has 122 valence electrons. The molecule has 1 atom stereocenters. The van der Waals surface area contributed by atoms with E-state index in [4.69, 9.17) is 4.74 Å². The molecule has 1 amide bonds. The number of hydrogen-bond donors (Lipinski definition) is 0. The third-order valence-electron chi connectivity index (χ3n) is 3.63. The van der Waals surface area contributed by atoms with Crippen molar-refractivity contribution in [3.8, 4) is 0 Å². The third kappa shape index (κ3) is 3.87. The van der Waals surface area contributed by atoms with Gasteiger partial charge in [-0.3, -0.25) is 4.79 Å². The highest BCUT2D eigenvalue weighted by molar-refractivity contribution is 5.68. The molecule has 1 fully saturated rings. The van der Waals surface area contributed by atoms with Crippen LogP contribution in [0.1, 0.15) is 50.9 Å². The SMILES string of the molecule is Cc1cc(C)c(=O)n([C@@H]2CCCN(C(=O)OC(C)(C)C)C2)n1. The van der Waals surface area contributed by atoms with E-state index in [1.54, 1.807) is 17.9 Å². The van der Waals surface area contributed by atoms with E-state index in [0.717, 1.165) is 18.5 Å². The molecule has 0 unspecified atom stereocenters. The highest BCUT2D eigenvalue weighted by Crippen LogP contribution is 2.21. The van der Waals surface area contributed by atoms with E-state index in [0.29, 0.717) is 18.7 Å². The first kappa shape index (κ1) is 16.5. The van der Waals surface area contributed by atoms with E-state index in [-0.39, 0.29) is 17.7 Å². The van der Waals surface area contributed by atoms with E-state index in [1.807, 2.05) is 27.7 Å². The van der Waals surface area contributed by atoms with Crippen molar-refractivity contribution in [1.82, 2.24) is 14.7 Å². The Balaban J connectivity index is 2.18. The van der Waals surface area contributed by atoms with E-state index >= 15 is 0 Å². The van der Waals surface area contributed by atoms with Gasteiger partial charge in [-0.15, -0.1) is 0 Å². The molecule has 0 N–H and O–H groups in total. The molecule has 0 aromatic carbocycles. The smallest absolute Gasteiger partial charge is 0.410 e. The van der Waals surface area contributed by atoms with E-state index in [9.17, 15) is 9.59 Å². The molecule has 1 aliphatic heterocycles. The minimum atomic E-state index is -0.515. The molecule has 0 aliphatic carbocycles. The second-order valence-corrected chi connectivity index (χ2v) is 6.94. The lowest BCUT2D eigenvalue weighted by Crippen LogP contribution is -2.45. The molecule has 0 bridgehead atoms. The number of piperidine rings is 1.